The van der Waals surface area contributed by atoms with Crippen LogP contribution >= 0.6 is 0 Å². The summed E-state index contributed by atoms with van der Waals surface area (Å²) in [4.78, 5) is 25.1. The van der Waals surface area contributed by atoms with Gasteiger partial charge in [-0.1, -0.05) is 13.0 Å². The summed E-state index contributed by atoms with van der Waals surface area (Å²) in [5.41, 5.74) is -1.70. The Labute approximate surface area is 186 Å². The Balaban J connectivity index is 2.03. The van der Waals surface area contributed by atoms with Crippen LogP contribution in [0.5, 0.6) is 0 Å². The number of sulfone groups is 1. The molecule has 12 heteroatoms. The molecule has 0 atom stereocenters. The van der Waals surface area contributed by atoms with Crippen LogP contribution < -0.4 is 5.56 Å². The molecule has 172 valence electrons. The van der Waals surface area contributed by atoms with Gasteiger partial charge < -0.3 is 9.13 Å². The van der Waals surface area contributed by atoms with E-state index in [1.54, 1.807) is 12.1 Å². The van der Waals surface area contributed by atoms with E-state index in [2.05, 4.69) is 15.0 Å². The van der Waals surface area contributed by atoms with Crippen LogP contribution in [-0.4, -0.2) is 38.3 Å². The topological polar surface area (TPSA) is 99.7 Å². The largest absolute Gasteiger partial charge is 0.431 e. The minimum Gasteiger partial charge on any atom is -0.323 e. The van der Waals surface area contributed by atoms with Crippen molar-refractivity contribution in [3.63, 3.8) is 0 Å². The number of aromatic nitrogens is 5. The molecular weight excluding hydrogens is 459 g/mol. The molecule has 0 bridgehead atoms. The molecule has 0 fully saturated rings. The molecule has 1 aromatic carbocycles. The van der Waals surface area contributed by atoms with Crippen LogP contribution in [0.1, 0.15) is 12.6 Å². The number of hydrogen-bond acceptors (Lipinski definition) is 6. The molecule has 8 nitrogen and oxygen atoms in total. The summed E-state index contributed by atoms with van der Waals surface area (Å²) in [6, 6.07) is 6.89. The zero-order chi connectivity index (χ0) is 24.1. The number of rotatable bonds is 4. The zero-order valence-electron chi connectivity index (χ0n) is 17.8. The fourth-order valence-electron chi connectivity index (χ4n) is 3.59. The van der Waals surface area contributed by atoms with Crippen molar-refractivity contribution in [1.29, 1.82) is 0 Å². The van der Waals surface area contributed by atoms with E-state index < -0.39 is 27.3 Å². The molecule has 3 heterocycles. The second kappa shape index (κ2) is 7.80. The highest BCUT2D eigenvalue weighted by molar-refractivity contribution is 7.91. The third-order valence-corrected chi connectivity index (χ3v) is 7.08. The highest BCUT2D eigenvalue weighted by atomic mass is 32.2. The second-order valence-electron chi connectivity index (χ2n) is 7.31. The monoisotopic (exact) mass is 477 g/mol. The molecule has 4 aromatic rings. The van der Waals surface area contributed by atoms with Crippen LogP contribution in [0.4, 0.5) is 13.2 Å². The first-order valence-corrected chi connectivity index (χ1v) is 11.4. The number of alkyl halides is 3. The Morgan fingerprint density at radius 2 is 1.70 bits per heavy atom. The summed E-state index contributed by atoms with van der Waals surface area (Å²) in [6.45, 7) is 1.48. The molecule has 0 aliphatic carbocycles. The number of imidazole rings is 1. The molecule has 0 radical (unpaired) electrons. The normalized spacial score (nSPS) is 12.4. The van der Waals surface area contributed by atoms with Crippen molar-refractivity contribution in [2.24, 2.45) is 14.1 Å². The van der Waals surface area contributed by atoms with Crippen molar-refractivity contribution in [3.05, 3.63) is 58.8 Å². The van der Waals surface area contributed by atoms with Crippen LogP contribution in [0, 0.1) is 0 Å². The van der Waals surface area contributed by atoms with Gasteiger partial charge in [0, 0.05) is 37.6 Å². The molecule has 0 unspecified atom stereocenters. The van der Waals surface area contributed by atoms with Gasteiger partial charge in [-0.25, -0.2) is 23.4 Å². The van der Waals surface area contributed by atoms with Gasteiger partial charge >= 0.3 is 6.18 Å². The van der Waals surface area contributed by atoms with Gasteiger partial charge in [-0.2, -0.15) is 13.2 Å². The van der Waals surface area contributed by atoms with Crippen molar-refractivity contribution in [2.45, 2.75) is 18.0 Å². The molecule has 0 saturated carbocycles. The number of aryl methyl sites for hydroxylation is 1. The third kappa shape index (κ3) is 3.80. The van der Waals surface area contributed by atoms with E-state index in [-0.39, 0.29) is 33.1 Å². The molecule has 0 aliphatic heterocycles. The van der Waals surface area contributed by atoms with Gasteiger partial charge in [0.05, 0.1) is 16.2 Å². The number of nitrogens with zero attached hydrogens (tertiary/aromatic N) is 5. The molecule has 0 amide bonds. The van der Waals surface area contributed by atoms with Crippen LogP contribution in [0.15, 0.2) is 52.4 Å². The first kappa shape index (κ1) is 22.6. The summed E-state index contributed by atoms with van der Waals surface area (Å²) in [7, 11) is -1.30. The number of hydrogen-bond donors (Lipinski definition) is 0. The predicted octanol–water partition coefficient (Wildman–Crippen LogP) is 3.21. The van der Waals surface area contributed by atoms with Gasteiger partial charge in [-0.15, -0.1) is 0 Å². The molecule has 4 rings (SSSR count). The molecule has 0 N–H and O–H groups in total. The number of benzene rings is 1. The van der Waals surface area contributed by atoms with E-state index in [1.165, 1.54) is 43.1 Å². The Bertz CT molecular complexity index is 1540. The van der Waals surface area contributed by atoms with Crippen LogP contribution in [0.3, 0.4) is 0 Å². The molecule has 0 aliphatic rings. The second-order valence-corrected chi connectivity index (χ2v) is 9.55. The van der Waals surface area contributed by atoms with E-state index in [1.807, 2.05) is 0 Å². The lowest BCUT2D eigenvalue weighted by atomic mass is 10.1. The van der Waals surface area contributed by atoms with Crippen molar-refractivity contribution in [2.75, 3.05) is 5.75 Å². The van der Waals surface area contributed by atoms with E-state index in [0.717, 1.165) is 13.1 Å². The predicted molar refractivity (Wildman–Crippen MR) is 115 cm³/mol. The lowest BCUT2D eigenvalue weighted by Crippen LogP contribution is -2.26. The minimum atomic E-state index is -4.76. The van der Waals surface area contributed by atoms with Crippen LogP contribution in [0.25, 0.3) is 33.8 Å². The summed E-state index contributed by atoms with van der Waals surface area (Å²) >= 11 is 0. The average Bonchev–Trinajstić information content (AvgIpc) is 3.12. The Morgan fingerprint density at radius 3 is 2.30 bits per heavy atom. The molecule has 3 aromatic heterocycles. The van der Waals surface area contributed by atoms with Gasteiger partial charge in [0.2, 0.25) is 0 Å². The molecule has 0 saturated heterocycles. The zero-order valence-corrected chi connectivity index (χ0v) is 18.6. The summed E-state index contributed by atoms with van der Waals surface area (Å²) in [6.07, 6.45) is -1.72. The van der Waals surface area contributed by atoms with Gasteiger partial charge in [-0.05, 0) is 24.3 Å². The third-order valence-electron chi connectivity index (χ3n) is 5.32. The molecular formula is C21H18F3N5O3S. The van der Waals surface area contributed by atoms with Crippen molar-refractivity contribution in [1.82, 2.24) is 24.1 Å². The number of pyridine rings is 1. The Kier molecular flexibility index (Phi) is 5.35. The lowest BCUT2D eigenvalue weighted by Gasteiger charge is -2.12. The fourth-order valence-corrected chi connectivity index (χ4v) is 4.70. The maximum Gasteiger partial charge on any atom is 0.431 e. The molecule has 33 heavy (non-hydrogen) atoms. The SMILES string of the molecule is CCS(=O)(=O)c1cc(-c2ncccn2)ccc1-c1nc2cc(C(F)(F)F)n(C)c(=O)c2n1C. The minimum absolute atomic E-state index is 0.0500. The Hall–Kier alpha value is -3.54. The summed E-state index contributed by atoms with van der Waals surface area (Å²) < 4.78 is 67.8. The van der Waals surface area contributed by atoms with Crippen molar-refractivity contribution >= 4 is 20.9 Å². The van der Waals surface area contributed by atoms with E-state index in [9.17, 15) is 26.4 Å². The van der Waals surface area contributed by atoms with Gasteiger partial charge in [0.25, 0.3) is 5.56 Å². The van der Waals surface area contributed by atoms with E-state index in [4.69, 9.17) is 0 Å². The first-order valence-electron chi connectivity index (χ1n) is 9.74. The lowest BCUT2D eigenvalue weighted by molar-refractivity contribution is -0.143. The number of halogens is 3. The van der Waals surface area contributed by atoms with Crippen molar-refractivity contribution < 1.29 is 21.6 Å². The maximum atomic E-state index is 13.4. The van der Waals surface area contributed by atoms with Gasteiger partial charge in [0.1, 0.15) is 17.0 Å². The number of fused-ring (bicyclic) bond motifs is 1. The van der Waals surface area contributed by atoms with Gasteiger partial charge in [-0.3, -0.25) is 4.79 Å². The highest BCUT2D eigenvalue weighted by Gasteiger charge is 2.35. The van der Waals surface area contributed by atoms with E-state index >= 15 is 0 Å². The quantitative estimate of drug-likeness (QED) is 0.448. The standard InChI is InChI=1S/C21H18F3N5O3S/c1-4-33(31,32)15-10-12(18-25-8-5-9-26-18)6-7-13(15)19-27-14-11-16(21(22,23)24)28(2)20(30)17(14)29(19)3/h5-11H,4H2,1-3H3. The maximum absolute atomic E-state index is 13.4. The summed E-state index contributed by atoms with van der Waals surface area (Å²) in [5, 5.41) is 0. The van der Waals surface area contributed by atoms with Gasteiger partial charge in [0.15, 0.2) is 15.7 Å². The fraction of sp³-hybridized carbons (Fsp3) is 0.238. The van der Waals surface area contributed by atoms with E-state index in [0.29, 0.717) is 16.0 Å². The molecule has 0 spiro atoms. The Morgan fingerprint density at radius 1 is 1.03 bits per heavy atom. The van der Waals surface area contributed by atoms with Crippen molar-refractivity contribution in [3.8, 4) is 22.8 Å². The smallest absolute Gasteiger partial charge is 0.323 e. The average molecular weight is 477 g/mol. The van der Waals surface area contributed by atoms with Crippen LogP contribution in [-0.2, 0) is 30.1 Å². The first-order chi connectivity index (χ1) is 15.5. The summed E-state index contributed by atoms with van der Waals surface area (Å²) in [5.74, 6) is 0.141. The highest BCUT2D eigenvalue weighted by Crippen LogP contribution is 2.34. The van der Waals surface area contributed by atoms with Crippen LogP contribution in [0.2, 0.25) is 0 Å².